The Balaban J connectivity index is 1.73. The molecule has 1 aliphatic rings. The summed E-state index contributed by atoms with van der Waals surface area (Å²) in [6.45, 7) is 12.4. The van der Waals surface area contributed by atoms with Crippen molar-refractivity contribution >= 4 is 11.8 Å². The number of hydrogen-bond donors (Lipinski definition) is 2. The van der Waals surface area contributed by atoms with Crippen molar-refractivity contribution in [3.05, 3.63) is 17.5 Å². The van der Waals surface area contributed by atoms with E-state index in [1.54, 1.807) is 13.0 Å². The van der Waals surface area contributed by atoms with Crippen LogP contribution >= 0.6 is 0 Å². The second kappa shape index (κ2) is 7.12. The maximum Gasteiger partial charge on any atom is 0.271 e. The Kier molecular flexibility index (Phi) is 5.41. The topological polar surface area (TPSA) is 81.3 Å². The van der Waals surface area contributed by atoms with Crippen LogP contribution in [0.15, 0.2) is 6.07 Å². The molecule has 1 aromatic heterocycles. The molecule has 128 valence electrons. The minimum atomic E-state index is -0.154. The first-order valence-electron chi connectivity index (χ1n) is 8.09. The van der Waals surface area contributed by atoms with Crippen LogP contribution in [0.1, 0.15) is 43.9 Å². The van der Waals surface area contributed by atoms with Crippen molar-refractivity contribution in [1.29, 1.82) is 0 Å². The Hall–Kier alpha value is -1.89. The molecule has 1 aliphatic heterocycles. The fourth-order valence-corrected chi connectivity index (χ4v) is 2.53. The molecule has 0 bridgehead atoms. The van der Waals surface area contributed by atoms with Gasteiger partial charge in [-0.15, -0.1) is 0 Å². The van der Waals surface area contributed by atoms with E-state index in [0.717, 1.165) is 38.4 Å². The molecule has 1 saturated heterocycles. The van der Waals surface area contributed by atoms with Gasteiger partial charge in [0.25, 0.3) is 5.91 Å². The highest BCUT2D eigenvalue weighted by Gasteiger charge is 2.20. The predicted molar refractivity (Wildman–Crippen MR) is 88.3 cm³/mol. The molecule has 0 unspecified atom stereocenters. The third kappa shape index (κ3) is 4.79. The zero-order valence-electron chi connectivity index (χ0n) is 14.5. The molecular formula is C16H27N5O2. The van der Waals surface area contributed by atoms with Gasteiger partial charge in [-0.25, -0.2) is 0 Å². The molecule has 2 heterocycles. The number of hydrogen-bond acceptors (Lipinski definition) is 4. The summed E-state index contributed by atoms with van der Waals surface area (Å²) in [5.41, 5.74) is 1.32. The molecule has 1 fully saturated rings. The average Bonchev–Trinajstić information content (AvgIpc) is 2.97. The Bertz CT molecular complexity index is 553. The maximum atomic E-state index is 12.1. The maximum absolute atomic E-state index is 12.1. The van der Waals surface area contributed by atoms with Gasteiger partial charge in [0, 0.05) is 57.3 Å². The van der Waals surface area contributed by atoms with Crippen LogP contribution in [-0.4, -0.2) is 71.1 Å². The van der Waals surface area contributed by atoms with Gasteiger partial charge in [-0.05, 0) is 6.07 Å². The van der Waals surface area contributed by atoms with Crippen molar-refractivity contribution in [1.82, 2.24) is 25.3 Å². The first kappa shape index (κ1) is 17.5. The lowest BCUT2D eigenvalue weighted by Gasteiger charge is -2.34. The predicted octanol–water partition coefficient (Wildman–Crippen LogP) is 0.601. The Morgan fingerprint density at radius 2 is 1.91 bits per heavy atom. The van der Waals surface area contributed by atoms with E-state index in [1.807, 2.05) is 4.90 Å². The van der Waals surface area contributed by atoms with E-state index < -0.39 is 0 Å². The van der Waals surface area contributed by atoms with E-state index in [1.165, 1.54) is 0 Å². The van der Waals surface area contributed by atoms with E-state index in [4.69, 9.17) is 0 Å². The zero-order valence-corrected chi connectivity index (χ0v) is 14.5. The van der Waals surface area contributed by atoms with Crippen molar-refractivity contribution in [3.63, 3.8) is 0 Å². The van der Waals surface area contributed by atoms with Crippen LogP contribution in [0.4, 0.5) is 0 Å². The van der Waals surface area contributed by atoms with Crippen molar-refractivity contribution < 1.29 is 9.59 Å². The number of aromatic nitrogens is 2. The highest BCUT2D eigenvalue weighted by atomic mass is 16.2. The summed E-state index contributed by atoms with van der Waals surface area (Å²) in [5.74, 6) is -0.0229. The second-order valence-corrected chi connectivity index (χ2v) is 7.02. The number of aromatic amines is 1. The standard InChI is InChI=1S/C16H27N5O2/c1-12(22)21-9-7-20(8-10-21)6-5-17-15(23)13-11-14(19-18-13)16(2,3)4/h11H,5-10H2,1-4H3,(H,17,23)(H,18,19). The summed E-state index contributed by atoms with van der Waals surface area (Å²) >= 11 is 0. The Labute approximate surface area is 137 Å². The molecule has 0 radical (unpaired) electrons. The number of piperazine rings is 1. The van der Waals surface area contributed by atoms with E-state index in [0.29, 0.717) is 12.2 Å². The number of amides is 2. The molecule has 0 spiro atoms. The molecule has 2 N–H and O–H groups in total. The normalized spacial score (nSPS) is 16.4. The monoisotopic (exact) mass is 321 g/mol. The molecule has 0 atom stereocenters. The van der Waals surface area contributed by atoms with Crippen molar-refractivity contribution in [2.24, 2.45) is 0 Å². The van der Waals surface area contributed by atoms with Gasteiger partial charge < -0.3 is 10.2 Å². The van der Waals surface area contributed by atoms with Gasteiger partial charge in [-0.3, -0.25) is 19.6 Å². The van der Waals surface area contributed by atoms with Crippen LogP contribution in [0.3, 0.4) is 0 Å². The van der Waals surface area contributed by atoms with Gasteiger partial charge in [0.1, 0.15) is 5.69 Å². The third-order valence-corrected chi connectivity index (χ3v) is 4.15. The highest BCUT2D eigenvalue weighted by Crippen LogP contribution is 2.20. The van der Waals surface area contributed by atoms with Crippen LogP contribution in [-0.2, 0) is 10.2 Å². The lowest BCUT2D eigenvalue weighted by Crippen LogP contribution is -2.49. The van der Waals surface area contributed by atoms with E-state index in [2.05, 4.69) is 41.2 Å². The minimum absolute atomic E-state index is 0.0537. The van der Waals surface area contributed by atoms with E-state index >= 15 is 0 Å². The Morgan fingerprint density at radius 1 is 1.26 bits per heavy atom. The summed E-state index contributed by atoms with van der Waals surface area (Å²) in [4.78, 5) is 27.5. The Morgan fingerprint density at radius 3 is 2.43 bits per heavy atom. The van der Waals surface area contributed by atoms with Gasteiger partial charge in [0.05, 0.1) is 0 Å². The largest absolute Gasteiger partial charge is 0.349 e. The molecule has 2 amide bonds. The molecule has 23 heavy (non-hydrogen) atoms. The molecule has 7 heteroatoms. The smallest absolute Gasteiger partial charge is 0.271 e. The summed E-state index contributed by atoms with van der Waals surface area (Å²) < 4.78 is 0. The SMILES string of the molecule is CC(=O)N1CCN(CCNC(=O)c2cc(C(C)(C)C)[nH]n2)CC1. The van der Waals surface area contributed by atoms with Crippen molar-refractivity contribution in [2.75, 3.05) is 39.3 Å². The number of nitrogens with one attached hydrogen (secondary N) is 2. The third-order valence-electron chi connectivity index (χ3n) is 4.15. The number of H-pyrrole nitrogens is 1. The van der Waals surface area contributed by atoms with Gasteiger partial charge in [0.2, 0.25) is 5.91 Å². The summed E-state index contributed by atoms with van der Waals surface area (Å²) in [6.07, 6.45) is 0. The number of carbonyl (C=O) groups excluding carboxylic acids is 2. The lowest BCUT2D eigenvalue weighted by atomic mass is 9.92. The number of carbonyl (C=O) groups is 2. The fraction of sp³-hybridized carbons (Fsp3) is 0.688. The first-order valence-corrected chi connectivity index (χ1v) is 8.09. The summed E-state index contributed by atoms with van der Waals surface area (Å²) in [6, 6.07) is 1.81. The lowest BCUT2D eigenvalue weighted by molar-refractivity contribution is -0.130. The molecule has 0 aromatic carbocycles. The summed E-state index contributed by atoms with van der Waals surface area (Å²) in [7, 11) is 0. The molecule has 0 aliphatic carbocycles. The van der Waals surface area contributed by atoms with Crippen LogP contribution < -0.4 is 5.32 Å². The molecule has 2 rings (SSSR count). The van der Waals surface area contributed by atoms with E-state index in [-0.39, 0.29) is 17.2 Å². The van der Waals surface area contributed by atoms with Gasteiger partial charge in [-0.1, -0.05) is 20.8 Å². The van der Waals surface area contributed by atoms with Crippen LogP contribution in [0, 0.1) is 0 Å². The zero-order chi connectivity index (χ0) is 17.0. The highest BCUT2D eigenvalue weighted by molar-refractivity contribution is 5.92. The molecule has 7 nitrogen and oxygen atoms in total. The second-order valence-electron chi connectivity index (χ2n) is 7.02. The quantitative estimate of drug-likeness (QED) is 0.851. The fourth-order valence-electron chi connectivity index (χ4n) is 2.53. The van der Waals surface area contributed by atoms with Crippen LogP contribution in [0.25, 0.3) is 0 Å². The van der Waals surface area contributed by atoms with Crippen molar-refractivity contribution in [2.45, 2.75) is 33.1 Å². The van der Waals surface area contributed by atoms with Gasteiger partial charge in [0.15, 0.2) is 0 Å². The van der Waals surface area contributed by atoms with Gasteiger partial charge >= 0.3 is 0 Å². The molecule has 1 aromatic rings. The molecular weight excluding hydrogens is 294 g/mol. The van der Waals surface area contributed by atoms with Crippen molar-refractivity contribution in [3.8, 4) is 0 Å². The molecule has 0 saturated carbocycles. The summed E-state index contributed by atoms with van der Waals surface area (Å²) in [5, 5.41) is 9.91. The number of nitrogens with zero attached hydrogens (tertiary/aromatic N) is 3. The van der Waals surface area contributed by atoms with Gasteiger partial charge in [-0.2, -0.15) is 5.10 Å². The van der Waals surface area contributed by atoms with Crippen LogP contribution in [0.5, 0.6) is 0 Å². The minimum Gasteiger partial charge on any atom is -0.349 e. The average molecular weight is 321 g/mol. The first-order chi connectivity index (χ1) is 10.8. The number of rotatable bonds is 4. The van der Waals surface area contributed by atoms with Crippen LogP contribution in [0.2, 0.25) is 0 Å². The van der Waals surface area contributed by atoms with E-state index in [9.17, 15) is 9.59 Å².